The van der Waals surface area contributed by atoms with E-state index in [0.29, 0.717) is 11.6 Å². The van der Waals surface area contributed by atoms with Crippen molar-refractivity contribution in [3.05, 3.63) is 70.5 Å². The Balaban J connectivity index is 2.46. The van der Waals surface area contributed by atoms with Crippen LogP contribution in [0.4, 0.5) is 13.2 Å². The molecule has 21 heavy (non-hydrogen) atoms. The van der Waals surface area contributed by atoms with Crippen LogP contribution in [0.15, 0.2) is 36.4 Å². The Morgan fingerprint density at radius 2 is 1.81 bits per heavy atom. The smallest absolute Gasteiger partial charge is 0.184 e. The van der Waals surface area contributed by atoms with Crippen LogP contribution in [-0.4, -0.2) is 5.78 Å². The molecular weight excluding hydrogens is 279 g/mol. The van der Waals surface area contributed by atoms with Crippen molar-refractivity contribution in [2.45, 2.75) is 12.8 Å². The molecule has 0 bridgehead atoms. The van der Waals surface area contributed by atoms with Crippen molar-refractivity contribution in [3.63, 3.8) is 0 Å². The highest BCUT2D eigenvalue weighted by Gasteiger charge is 2.25. The molecule has 2 aromatic carbocycles. The van der Waals surface area contributed by atoms with E-state index in [9.17, 15) is 18.0 Å². The van der Waals surface area contributed by atoms with Crippen molar-refractivity contribution in [2.75, 3.05) is 0 Å². The normalized spacial score (nSPS) is 11.8. The van der Waals surface area contributed by atoms with Gasteiger partial charge in [-0.2, -0.15) is 5.26 Å². The molecule has 0 aliphatic carbocycles. The molecule has 2 nitrogen and oxygen atoms in total. The molecule has 2 aromatic rings. The van der Waals surface area contributed by atoms with E-state index >= 15 is 0 Å². The Morgan fingerprint density at radius 1 is 1.10 bits per heavy atom. The van der Waals surface area contributed by atoms with Gasteiger partial charge in [-0.1, -0.05) is 6.07 Å². The van der Waals surface area contributed by atoms with Crippen LogP contribution in [0.2, 0.25) is 0 Å². The molecule has 0 aliphatic rings. The van der Waals surface area contributed by atoms with Crippen molar-refractivity contribution in [2.24, 2.45) is 0 Å². The van der Waals surface area contributed by atoms with Gasteiger partial charge in [-0.15, -0.1) is 0 Å². The fraction of sp³-hybridized carbons (Fsp3) is 0.125. The van der Waals surface area contributed by atoms with E-state index in [1.807, 2.05) is 0 Å². The average molecular weight is 289 g/mol. The summed E-state index contributed by atoms with van der Waals surface area (Å²) in [4.78, 5) is 12.3. The van der Waals surface area contributed by atoms with Crippen LogP contribution in [0.1, 0.15) is 27.4 Å². The van der Waals surface area contributed by atoms with Crippen molar-refractivity contribution < 1.29 is 18.0 Å². The largest absolute Gasteiger partial charge is 0.292 e. The maximum Gasteiger partial charge on any atom is 0.184 e. The summed E-state index contributed by atoms with van der Waals surface area (Å²) >= 11 is 0. The zero-order valence-electron chi connectivity index (χ0n) is 11.0. The summed E-state index contributed by atoms with van der Waals surface area (Å²) in [5, 5.41) is 9.12. The number of carbonyl (C=O) groups excluding carboxylic acids is 1. The Morgan fingerprint density at radius 3 is 2.38 bits per heavy atom. The lowest BCUT2D eigenvalue weighted by Gasteiger charge is -2.10. The number of aryl methyl sites for hydroxylation is 1. The first-order valence-electron chi connectivity index (χ1n) is 6.08. The summed E-state index contributed by atoms with van der Waals surface area (Å²) in [5.74, 6) is -4.59. The second-order valence-corrected chi connectivity index (χ2v) is 4.61. The summed E-state index contributed by atoms with van der Waals surface area (Å²) < 4.78 is 39.9. The first-order chi connectivity index (χ1) is 9.92. The Labute approximate surface area is 119 Å². The Kier molecular flexibility index (Phi) is 4.08. The zero-order valence-corrected chi connectivity index (χ0v) is 11.0. The van der Waals surface area contributed by atoms with Gasteiger partial charge in [-0.05, 0) is 36.8 Å². The quantitative estimate of drug-likeness (QED) is 0.804. The standard InChI is InChI=1S/C16H10F3NO/c1-9-4-10(6-12(18)5-9)16(21)14(8-20)13-3-2-11(17)7-15(13)19/h2-7,14H,1H3. The van der Waals surface area contributed by atoms with Crippen molar-refractivity contribution in [3.8, 4) is 6.07 Å². The van der Waals surface area contributed by atoms with Crippen molar-refractivity contribution in [1.82, 2.24) is 0 Å². The molecule has 0 saturated carbocycles. The molecule has 0 N–H and O–H groups in total. The molecule has 1 atom stereocenters. The van der Waals surface area contributed by atoms with Gasteiger partial charge >= 0.3 is 0 Å². The number of benzene rings is 2. The molecule has 5 heteroatoms. The maximum atomic E-state index is 13.7. The first kappa shape index (κ1) is 14.8. The minimum Gasteiger partial charge on any atom is -0.292 e. The summed E-state index contributed by atoms with van der Waals surface area (Å²) in [6.45, 7) is 1.60. The van der Waals surface area contributed by atoms with Gasteiger partial charge in [0.15, 0.2) is 5.78 Å². The molecule has 2 rings (SSSR count). The van der Waals surface area contributed by atoms with E-state index in [1.165, 1.54) is 12.1 Å². The lowest BCUT2D eigenvalue weighted by Crippen LogP contribution is -2.13. The highest BCUT2D eigenvalue weighted by molar-refractivity contribution is 6.02. The molecule has 0 aromatic heterocycles. The zero-order chi connectivity index (χ0) is 15.6. The third-order valence-electron chi connectivity index (χ3n) is 2.99. The number of nitriles is 1. The molecule has 0 amide bonds. The topological polar surface area (TPSA) is 40.9 Å². The third kappa shape index (κ3) is 3.11. The lowest BCUT2D eigenvalue weighted by atomic mass is 9.91. The van der Waals surface area contributed by atoms with Gasteiger partial charge < -0.3 is 0 Å². The van der Waals surface area contributed by atoms with Gasteiger partial charge in [-0.25, -0.2) is 13.2 Å². The predicted octanol–water partition coefficient (Wildman–Crippen LogP) is 3.90. The SMILES string of the molecule is Cc1cc(F)cc(C(=O)C(C#N)c2ccc(F)cc2F)c1. The molecule has 0 spiro atoms. The Bertz CT molecular complexity index is 729. The summed E-state index contributed by atoms with van der Waals surface area (Å²) in [6, 6.07) is 7.93. The number of carbonyl (C=O) groups is 1. The predicted molar refractivity (Wildman–Crippen MR) is 70.2 cm³/mol. The second kappa shape index (κ2) is 5.80. The third-order valence-corrected chi connectivity index (χ3v) is 2.99. The van der Waals surface area contributed by atoms with E-state index in [4.69, 9.17) is 5.26 Å². The van der Waals surface area contributed by atoms with Gasteiger partial charge in [-0.3, -0.25) is 4.79 Å². The minimum atomic E-state index is -1.45. The van der Waals surface area contributed by atoms with E-state index in [0.717, 1.165) is 18.2 Å². The van der Waals surface area contributed by atoms with Crippen LogP contribution in [0, 0.1) is 35.7 Å². The number of ketones is 1. The van der Waals surface area contributed by atoms with Gasteiger partial charge in [0.25, 0.3) is 0 Å². The Hall–Kier alpha value is -2.61. The minimum absolute atomic E-state index is 0.0252. The molecular formula is C16H10F3NO. The van der Waals surface area contributed by atoms with Crippen LogP contribution >= 0.6 is 0 Å². The van der Waals surface area contributed by atoms with Crippen LogP contribution < -0.4 is 0 Å². The van der Waals surface area contributed by atoms with Gasteiger partial charge in [0, 0.05) is 17.2 Å². The van der Waals surface area contributed by atoms with Crippen molar-refractivity contribution >= 4 is 5.78 Å². The monoisotopic (exact) mass is 289 g/mol. The summed E-state index contributed by atoms with van der Waals surface area (Å²) in [6.07, 6.45) is 0. The number of hydrogen-bond donors (Lipinski definition) is 0. The molecule has 0 aliphatic heterocycles. The first-order valence-corrected chi connectivity index (χ1v) is 6.08. The van der Waals surface area contributed by atoms with Gasteiger partial charge in [0.2, 0.25) is 0 Å². The van der Waals surface area contributed by atoms with E-state index in [2.05, 4.69) is 0 Å². The molecule has 0 saturated heterocycles. The van der Waals surface area contributed by atoms with Crippen LogP contribution in [-0.2, 0) is 0 Å². The fourth-order valence-electron chi connectivity index (χ4n) is 2.05. The maximum absolute atomic E-state index is 13.7. The van der Waals surface area contributed by atoms with Crippen LogP contribution in [0.3, 0.4) is 0 Å². The van der Waals surface area contributed by atoms with E-state index in [-0.39, 0.29) is 11.1 Å². The number of rotatable bonds is 3. The van der Waals surface area contributed by atoms with Crippen molar-refractivity contribution in [1.29, 1.82) is 5.26 Å². The highest BCUT2D eigenvalue weighted by Crippen LogP contribution is 2.24. The van der Waals surface area contributed by atoms with Gasteiger partial charge in [0.1, 0.15) is 23.4 Å². The molecule has 0 heterocycles. The lowest BCUT2D eigenvalue weighted by molar-refractivity contribution is 0.0977. The van der Waals surface area contributed by atoms with Crippen LogP contribution in [0.5, 0.6) is 0 Å². The number of Topliss-reactive ketones (excluding diaryl/α,β-unsaturated/α-hetero) is 1. The fourth-order valence-corrected chi connectivity index (χ4v) is 2.05. The van der Waals surface area contributed by atoms with E-state index < -0.39 is 29.2 Å². The van der Waals surface area contributed by atoms with Gasteiger partial charge in [0.05, 0.1) is 6.07 Å². The molecule has 0 fully saturated rings. The summed E-state index contributed by atoms with van der Waals surface area (Å²) in [7, 11) is 0. The number of nitrogens with zero attached hydrogens (tertiary/aromatic N) is 1. The van der Waals surface area contributed by atoms with E-state index in [1.54, 1.807) is 13.0 Å². The van der Waals surface area contributed by atoms with Crippen LogP contribution in [0.25, 0.3) is 0 Å². The average Bonchev–Trinajstić information content (AvgIpc) is 2.40. The number of hydrogen-bond acceptors (Lipinski definition) is 2. The molecule has 1 unspecified atom stereocenters. The molecule has 106 valence electrons. The molecule has 0 radical (unpaired) electrons. The number of halogens is 3. The second-order valence-electron chi connectivity index (χ2n) is 4.61. The highest BCUT2D eigenvalue weighted by atomic mass is 19.1. The summed E-state index contributed by atoms with van der Waals surface area (Å²) in [5.41, 5.74) is 0.253.